The summed E-state index contributed by atoms with van der Waals surface area (Å²) < 4.78 is 0. The number of aryl methyl sites for hydroxylation is 2. The van der Waals surface area contributed by atoms with Gasteiger partial charge in [0.05, 0.1) is 0 Å². The quantitative estimate of drug-likeness (QED) is 0.818. The summed E-state index contributed by atoms with van der Waals surface area (Å²) in [5, 5.41) is 3.67. The van der Waals surface area contributed by atoms with Crippen molar-refractivity contribution in [3.05, 3.63) is 28.8 Å². The van der Waals surface area contributed by atoms with Crippen LogP contribution in [0.15, 0.2) is 12.1 Å². The van der Waals surface area contributed by atoms with Gasteiger partial charge in [0.25, 0.3) is 0 Å². The monoisotopic (exact) mass is 258 g/mol. The Balaban J connectivity index is 1.96. The largest absolute Gasteiger partial charge is 0.382 e. The van der Waals surface area contributed by atoms with E-state index in [9.17, 15) is 0 Å². The van der Waals surface area contributed by atoms with Crippen LogP contribution in [0, 0.1) is 13.8 Å². The van der Waals surface area contributed by atoms with Gasteiger partial charge in [-0.15, -0.1) is 0 Å². The minimum atomic E-state index is 0.585. The van der Waals surface area contributed by atoms with Crippen LogP contribution in [0.25, 0.3) is 0 Å². The fourth-order valence-electron chi connectivity index (χ4n) is 3.60. The molecule has 2 unspecified atom stereocenters. The van der Waals surface area contributed by atoms with Gasteiger partial charge in [-0.3, -0.25) is 4.90 Å². The van der Waals surface area contributed by atoms with Crippen LogP contribution >= 0.6 is 0 Å². The summed E-state index contributed by atoms with van der Waals surface area (Å²) in [5.74, 6) is 0. The maximum absolute atomic E-state index is 3.67. The number of benzene rings is 1. The summed E-state index contributed by atoms with van der Waals surface area (Å²) in [6.45, 7) is 9.33. The second kappa shape index (κ2) is 5.16. The van der Waals surface area contributed by atoms with Gasteiger partial charge in [0, 0.05) is 17.8 Å². The molecular formula is C17H26N2. The number of hydrogen-bond acceptors (Lipinski definition) is 2. The predicted octanol–water partition coefficient (Wildman–Crippen LogP) is 4.03. The Hall–Kier alpha value is -1.02. The van der Waals surface area contributed by atoms with Crippen molar-refractivity contribution < 1.29 is 0 Å². The molecule has 2 nitrogen and oxygen atoms in total. The summed E-state index contributed by atoms with van der Waals surface area (Å²) in [5.41, 5.74) is 5.73. The lowest BCUT2D eigenvalue weighted by Gasteiger charge is -2.41. The lowest BCUT2D eigenvalue weighted by molar-refractivity contribution is 0.149. The van der Waals surface area contributed by atoms with Crippen LogP contribution in [0.2, 0.25) is 0 Å². The molecule has 2 heterocycles. The van der Waals surface area contributed by atoms with Gasteiger partial charge in [-0.1, -0.05) is 12.5 Å². The van der Waals surface area contributed by atoms with Gasteiger partial charge in [0.1, 0.15) is 0 Å². The molecule has 2 aliphatic rings. The minimum Gasteiger partial charge on any atom is -0.382 e. The summed E-state index contributed by atoms with van der Waals surface area (Å²) in [7, 11) is 0. The number of hydrogen-bond donors (Lipinski definition) is 1. The lowest BCUT2D eigenvalue weighted by Crippen LogP contribution is -2.39. The van der Waals surface area contributed by atoms with Gasteiger partial charge in [0.2, 0.25) is 0 Å². The SMILES string of the molecule is Cc1cc2c(cc1C)C(N1CCCCC1)CC(C)N2. The molecule has 104 valence electrons. The van der Waals surface area contributed by atoms with Gasteiger partial charge in [-0.25, -0.2) is 0 Å². The second-order valence-electron chi connectivity index (χ2n) is 6.42. The molecule has 0 aliphatic carbocycles. The summed E-state index contributed by atoms with van der Waals surface area (Å²) in [4.78, 5) is 2.72. The molecule has 0 spiro atoms. The van der Waals surface area contributed by atoms with E-state index in [4.69, 9.17) is 0 Å². The number of nitrogens with one attached hydrogen (secondary N) is 1. The Morgan fingerprint density at radius 2 is 1.74 bits per heavy atom. The molecule has 1 saturated heterocycles. The standard InChI is InChI=1S/C17H26N2/c1-12-9-15-16(10-13(12)2)18-14(3)11-17(15)19-7-5-4-6-8-19/h9-10,14,17-18H,4-8,11H2,1-3H3. The maximum atomic E-state index is 3.67. The zero-order valence-electron chi connectivity index (χ0n) is 12.5. The van der Waals surface area contributed by atoms with Crippen LogP contribution in [-0.2, 0) is 0 Å². The summed E-state index contributed by atoms with van der Waals surface area (Å²) in [6, 6.07) is 5.98. The van der Waals surface area contributed by atoms with Crippen molar-refractivity contribution in [3.8, 4) is 0 Å². The lowest BCUT2D eigenvalue weighted by atomic mass is 9.89. The Labute approximate surface area is 117 Å². The molecule has 2 heteroatoms. The van der Waals surface area contributed by atoms with E-state index in [1.165, 1.54) is 61.2 Å². The Kier molecular flexibility index (Phi) is 3.53. The van der Waals surface area contributed by atoms with E-state index in [0.29, 0.717) is 12.1 Å². The average molecular weight is 258 g/mol. The van der Waals surface area contributed by atoms with E-state index in [1.807, 2.05) is 0 Å². The van der Waals surface area contributed by atoms with Gasteiger partial charge in [-0.2, -0.15) is 0 Å². The Morgan fingerprint density at radius 3 is 2.47 bits per heavy atom. The maximum Gasteiger partial charge on any atom is 0.0393 e. The molecule has 0 aromatic heterocycles. The molecule has 1 fully saturated rings. The van der Waals surface area contributed by atoms with Crippen molar-refractivity contribution in [3.63, 3.8) is 0 Å². The highest BCUT2D eigenvalue weighted by Crippen LogP contribution is 2.39. The van der Waals surface area contributed by atoms with Crippen LogP contribution in [-0.4, -0.2) is 24.0 Å². The normalized spacial score (nSPS) is 27.7. The van der Waals surface area contributed by atoms with Gasteiger partial charge < -0.3 is 5.32 Å². The van der Waals surface area contributed by atoms with Crippen LogP contribution in [0.1, 0.15) is 55.3 Å². The number of piperidine rings is 1. The highest BCUT2D eigenvalue weighted by Gasteiger charge is 2.30. The summed E-state index contributed by atoms with van der Waals surface area (Å²) >= 11 is 0. The van der Waals surface area contributed by atoms with Crippen molar-refractivity contribution in [2.24, 2.45) is 0 Å². The first-order valence-electron chi connectivity index (χ1n) is 7.77. The molecule has 19 heavy (non-hydrogen) atoms. The number of rotatable bonds is 1. The fraction of sp³-hybridized carbons (Fsp3) is 0.647. The van der Waals surface area contributed by atoms with E-state index < -0.39 is 0 Å². The first kappa shape index (κ1) is 13.0. The third-order valence-electron chi connectivity index (χ3n) is 4.84. The van der Waals surface area contributed by atoms with Crippen molar-refractivity contribution in [2.75, 3.05) is 18.4 Å². The van der Waals surface area contributed by atoms with E-state index in [1.54, 1.807) is 0 Å². The first-order valence-corrected chi connectivity index (χ1v) is 7.77. The van der Waals surface area contributed by atoms with E-state index in [2.05, 4.69) is 43.1 Å². The molecule has 0 amide bonds. The van der Waals surface area contributed by atoms with Gasteiger partial charge >= 0.3 is 0 Å². The first-order chi connectivity index (χ1) is 9.15. The van der Waals surface area contributed by atoms with Crippen molar-refractivity contribution >= 4 is 5.69 Å². The van der Waals surface area contributed by atoms with E-state index in [0.717, 1.165) is 0 Å². The molecular weight excluding hydrogens is 232 g/mol. The van der Waals surface area contributed by atoms with E-state index >= 15 is 0 Å². The smallest absolute Gasteiger partial charge is 0.0393 e. The molecule has 0 radical (unpaired) electrons. The third kappa shape index (κ3) is 2.51. The number of anilines is 1. The zero-order chi connectivity index (χ0) is 13.4. The van der Waals surface area contributed by atoms with Crippen LogP contribution in [0.5, 0.6) is 0 Å². The number of likely N-dealkylation sites (tertiary alicyclic amines) is 1. The molecule has 1 aromatic carbocycles. The van der Waals surface area contributed by atoms with Crippen LogP contribution in [0.3, 0.4) is 0 Å². The zero-order valence-corrected chi connectivity index (χ0v) is 12.5. The highest BCUT2D eigenvalue weighted by molar-refractivity contribution is 5.59. The second-order valence-corrected chi connectivity index (χ2v) is 6.42. The number of nitrogens with zero attached hydrogens (tertiary/aromatic N) is 1. The van der Waals surface area contributed by atoms with Gasteiger partial charge in [-0.05, 0) is 75.9 Å². The fourth-order valence-corrected chi connectivity index (χ4v) is 3.60. The third-order valence-corrected chi connectivity index (χ3v) is 4.84. The molecule has 3 rings (SSSR count). The molecule has 0 bridgehead atoms. The van der Waals surface area contributed by atoms with Crippen molar-refractivity contribution in [1.29, 1.82) is 0 Å². The van der Waals surface area contributed by atoms with Crippen molar-refractivity contribution in [2.45, 2.75) is 58.5 Å². The Bertz CT molecular complexity index is 461. The van der Waals surface area contributed by atoms with Crippen molar-refractivity contribution in [1.82, 2.24) is 4.90 Å². The topological polar surface area (TPSA) is 15.3 Å². The molecule has 1 aromatic rings. The average Bonchev–Trinajstić information content (AvgIpc) is 2.41. The van der Waals surface area contributed by atoms with Crippen LogP contribution in [0.4, 0.5) is 5.69 Å². The predicted molar refractivity (Wildman–Crippen MR) is 81.8 cm³/mol. The molecule has 2 atom stereocenters. The Morgan fingerprint density at radius 1 is 1.05 bits per heavy atom. The van der Waals surface area contributed by atoms with Crippen LogP contribution < -0.4 is 5.32 Å². The van der Waals surface area contributed by atoms with E-state index in [-0.39, 0.29) is 0 Å². The summed E-state index contributed by atoms with van der Waals surface area (Å²) in [6.07, 6.45) is 5.41. The number of fused-ring (bicyclic) bond motifs is 1. The minimum absolute atomic E-state index is 0.585. The molecule has 1 N–H and O–H groups in total. The molecule has 0 saturated carbocycles. The highest BCUT2D eigenvalue weighted by atomic mass is 15.2. The molecule has 2 aliphatic heterocycles. The van der Waals surface area contributed by atoms with Gasteiger partial charge in [0.15, 0.2) is 0 Å².